The number of carbonyl (C=O) groups excluding carboxylic acids is 1. The number of hydrogen-bond acceptors (Lipinski definition) is 3. The Labute approximate surface area is 155 Å². The van der Waals surface area contributed by atoms with E-state index < -0.39 is 0 Å². The number of nitrogens with zero attached hydrogens (tertiary/aromatic N) is 1. The number of rotatable bonds is 5. The van der Waals surface area contributed by atoms with E-state index in [4.69, 9.17) is 9.73 Å². The first-order chi connectivity index (χ1) is 12.4. The number of carbonyl (C=O) groups is 1. The quantitative estimate of drug-likeness (QED) is 0.738. The minimum absolute atomic E-state index is 0.0225. The van der Waals surface area contributed by atoms with Gasteiger partial charge >= 0.3 is 0 Å². The second kappa shape index (κ2) is 7.43. The zero-order chi connectivity index (χ0) is 18.9. The average Bonchev–Trinajstić information content (AvgIpc) is 2.57. The van der Waals surface area contributed by atoms with Crippen LogP contribution in [0.15, 0.2) is 40.5 Å². The van der Waals surface area contributed by atoms with Gasteiger partial charge < -0.3 is 4.74 Å². The molecular formula is C22H28FNO2. The highest BCUT2D eigenvalue weighted by Crippen LogP contribution is 2.48. The van der Waals surface area contributed by atoms with Crippen molar-refractivity contribution < 1.29 is 13.9 Å². The third kappa shape index (κ3) is 3.66. The SMILES string of the molecule is CCOCC1C(CC)=NC2=C(C(=O)CC(C)(C)C2)C1c1cccc(F)c1. The lowest BCUT2D eigenvalue weighted by atomic mass is 9.66. The molecule has 3 nitrogen and oxygen atoms in total. The summed E-state index contributed by atoms with van der Waals surface area (Å²) in [5.41, 5.74) is 3.48. The fourth-order valence-corrected chi connectivity index (χ4v) is 4.28. The van der Waals surface area contributed by atoms with Gasteiger partial charge in [0.05, 0.1) is 6.61 Å². The molecule has 26 heavy (non-hydrogen) atoms. The Morgan fingerprint density at radius 1 is 1.27 bits per heavy atom. The molecule has 140 valence electrons. The molecular weight excluding hydrogens is 329 g/mol. The van der Waals surface area contributed by atoms with Crippen molar-refractivity contribution in [1.29, 1.82) is 0 Å². The van der Waals surface area contributed by atoms with Crippen molar-refractivity contribution in [2.24, 2.45) is 16.3 Å². The first kappa shape index (κ1) is 19.0. The van der Waals surface area contributed by atoms with Gasteiger partial charge in [0.25, 0.3) is 0 Å². The van der Waals surface area contributed by atoms with Crippen LogP contribution in [0.25, 0.3) is 0 Å². The molecule has 0 amide bonds. The summed E-state index contributed by atoms with van der Waals surface area (Å²) in [6, 6.07) is 6.64. The maximum absolute atomic E-state index is 14.0. The fourth-order valence-electron chi connectivity index (χ4n) is 4.28. The normalized spacial score (nSPS) is 25.1. The van der Waals surface area contributed by atoms with Crippen molar-refractivity contribution in [3.63, 3.8) is 0 Å². The predicted octanol–water partition coefficient (Wildman–Crippen LogP) is 5.07. The summed E-state index contributed by atoms with van der Waals surface area (Å²) in [5, 5.41) is 0. The van der Waals surface area contributed by atoms with E-state index in [9.17, 15) is 9.18 Å². The molecule has 0 spiro atoms. The fraction of sp³-hybridized carbons (Fsp3) is 0.545. The van der Waals surface area contributed by atoms with E-state index in [2.05, 4.69) is 20.8 Å². The van der Waals surface area contributed by atoms with Gasteiger partial charge in [-0.3, -0.25) is 9.79 Å². The van der Waals surface area contributed by atoms with Crippen molar-refractivity contribution in [3.05, 3.63) is 46.9 Å². The molecule has 0 radical (unpaired) electrons. The first-order valence-corrected chi connectivity index (χ1v) is 9.53. The van der Waals surface area contributed by atoms with Crippen LogP contribution < -0.4 is 0 Å². The molecule has 3 rings (SSSR count). The maximum Gasteiger partial charge on any atom is 0.161 e. The molecule has 1 aliphatic carbocycles. The Morgan fingerprint density at radius 3 is 2.69 bits per heavy atom. The van der Waals surface area contributed by atoms with E-state index in [-0.39, 0.29) is 28.9 Å². The third-order valence-electron chi connectivity index (χ3n) is 5.39. The van der Waals surface area contributed by atoms with Gasteiger partial charge in [-0.25, -0.2) is 4.39 Å². The van der Waals surface area contributed by atoms with E-state index in [0.717, 1.165) is 35.4 Å². The van der Waals surface area contributed by atoms with E-state index in [0.29, 0.717) is 19.6 Å². The van der Waals surface area contributed by atoms with E-state index >= 15 is 0 Å². The number of ketones is 1. The van der Waals surface area contributed by atoms with Crippen molar-refractivity contribution >= 4 is 11.5 Å². The summed E-state index contributed by atoms with van der Waals surface area (Å²) in [5.74, 6) is -0.330. The molecule has 4 heteroatoms. The Hall–Kier alpha value is -1.81. The van der Waals surface area contributed by atoms with Gasteiger partial charge in [-0.1, -0.05) is 32.9 Å². The summed E-state index contributed by atoms with van der Waals surface area (Å²) < 4.78 is 19.7. The van der Waals surface area contributed by atoms with E-state index in [1.807, 2.05) is 13.0 Å². The Morgan fingerprint density at radius 2 is 2.04 bits per heavy atom. The minimum Gasteiger partial charge on any atom is -0.381 e. The molecule has 2 unspecified atom stereocenters. The maximum atomic E-state index is 14.0. The molecule has 0 saturated heterocycles. The van der Waals surface area contributed by atoms with Crippen LogP contribution in [0.3, 0.4) is 0 Å². The van der Waals surface area contributed by atoms with E-state index in [1.165, 1.54) is 6.07 Å². The van der Waals surface area contributed by atoms with Gasteiger partial charge in [-0.05, 0) is 42.9 Å². The van der Waals surface area contributed by atoms with Crippen LogP contribution in [0.5, 0.6) is 0 Å². The van der Waals surface area contributed by atoms with Crippen molar-refractivity contribution in [1.82, 2.24) is 0 Å². The van der Waals surface area contributed by atoms with Gasteiger partial charge in [0.15, 0.2) is 5.78 Å². The number of halogens is 1. The first-order valence-electron chi connectivity index (χ1n) is 9.53. The molecule has 0 aromatic heterocycles. The summed E-state index contributed by atoms with van der Waals surface area (Å²) in [4.78, 5) is 18.0. The summed E-state index contributed by atoms with van der Waals surface area (Å²) in [6.45, 7) is 9.37. The molecule has 1 aromatic carbocycles. The summed E-state index contributed by atoms with van der Waals surface area (Å²) in [7, 11) is 0. The monoisotopic (exact) mass is 357 g/mol. The summed E-state index contributed by atoms with van der Waals surface area (Å²) >= 11 is 0. The number of Topliss-reactive ketones (excluding diaryl/α,β-unsaturated/α-hetero) is 1. The second-order valence-corrected chi connectivity index (χ2v) is 8.06. The van der Waals surface area contributed by atoms with E-state index in [1.54, 1.807) is 12.1 Å². The van der Waals surface area contributed by atoms with Crippen LogP contribution in [0.2, 0.25) is 0 Å². The molecule has 0 bridgehead atoms. The summed E-state index contributed by atoms with van der Waals surface area (Å²) in [6.07, 6.45) is 2.09. The molecule has 0 N–H and O–H groups in total. The minimum atomic E-state index is -0.274. The van der Waals surface area contributed by atoms with Crippen LogP contribution >= 0.6 is 0 Å². The smallest absolute Gasteiger partial charge is 0.161 e. The second-order valence-electron chi connectivity index (χ2n) is 8.06. The molecule has 2 aliphatic rings. The van der Waals surface area contributed by atoms with Gasteiger partial charge in [-0.15, -0.1) is 0 Å². The predicted molar refractivity (Wildman–Crippen MR) is 102 cm³/mol. The Balaban J connectivity index is 2.15. The van der Waals surface area contributed by atoms with Gasteiger partial charge in [-0.2, -0.15) is 0 Å². The molecule has 1 aliphatic heterocycles. The Bertz CT molecular complexity index is 763. The van der Waals surface area contributed by atoms with Crippen LogP contribution in [0, 0.1) is 17.2 Å². The lowest BCUT2D eigenvalue weighted by molar-refractivity contribution is -0.118. The van der Waals surface area contributed by atoms with Crippen LogP contribution in [0.4, 0.5) is 4.39 Å². The number of hydrogen-bond donors (Lipinski definition) is 0. The molecule has 1 heterocycles. The third-order valence-corrected chi connectivity index (χ3v) is 5.39. The van der Waals surface area contributed by atoms with Crippen LogP contribution in [0.1, 0.15) is 58.4 Å². The lowest BCUT2D eigenvalue weighted by Crippen LogP contribution is -2.38. The number of ether oxygens (including phenoxy) is 1. The number of aliphatic imine (C=N–C) groups is 1. The molecule has 2 atom stereocenters. The lowest BCUT2D eigenvalue weighted by Gasteiger charge is -2.40. The average molecular weight is 357 g/mol. The van der Waals surface area contributed by atoms with Crippen LogP contribution in [-0.4, -0.2) is 24.7 Å². The highest BCUT2D eigenvalue weighted by molar-refractivity contribution is 6.03. The van der Waals surface area contributed by atoms with Crippen molar-refractivity contribution in [2.75, 3.05) is 13.2 Å². The molecule has 0 fully saturated rings. The van der Waals surface area contributed by atoms with Crippen LogP contribution in [-0.2, 0) is 9.53 Å². The van der Waals surface area contributed by atoms with Gasteiger partial charge in [0, 0.05) is 41.8 Å². The standard InChI is InChI=1S/C22H28FNO2/c1-5-17-16(13-26-6-2)20(14-8-7-9-15(23)10-14)21-18(24-17)11-22(3,4)12-19(21)25/h7-10,16,20H,5-6,11-13H2,1-4H3. The molecule has 1 aromatic rings. The largest absolute Gasteiger partial charge is 0.381 e. The highest BCUT2D eigenvalue weighted by atomic mass is 19.1. The van der Waals surface area contributed by atoms with Gasteiger partial charge in [0.2, 0.25) is 0 Å². The van der Waals surface area contributed by atoms with Crippen molar-refractivity contribution in [2.45, 2.75) is 52.9 Å². The highest BCUT2D eigenvalue weighted by Gasteiger charge is 2.43. The number of allylic oxidation sites excluding steroid dienone is 2. The van der Waals surface area contributed by atoms with Crippen molar-refractivity contribution in [3.8, 4) is 0 Å². The number of benzene rings is 1. The zero-order valence-corrected chi connectivity index (χ0v) is 16.1. The Kier molecular flexibility index (Phi) is 5.42. The topological polar surface area (TPSA) is 38.7 Å². The zero-order valence-electron chi connectivity index (χ0n) is 16.1. The molecule has 0 saturated carbocycles. The van der Waals surface area contributed by atoms with Gasteiger partial charge in [0.1, 0.15) is 5.82 Å².